The molecule has 0 aromatic heterocycles. The van der Waals surface area contributed by atoms with Crippen molar-refractivity contribution in [2.75, 3.05) is 6.67 Å². The number of rotatable bonds is 3. The lowest BCUT2D eigenvalue weighted by Gasteiger charge is -2.09. The van der Waals surface area contributed by atoms with Crippen molar-refractivity contribution in [3.8, 4) is 0 Å². The van der Waals surface area contributed by atoms with Gasteiger partial charge in [0.25, 0.3) is 0 Å². The molecule has 0 aliphatic heterocycles. The minimum absolute atomic E-state index is 0.116. The van der Waals surface area contributed by atoms with Crippen molar-refractivity contribution in [1.82, 2.24) is 0 Å². The van der Waals surface area contributed by atoms with E-state index in [1.165, 1.54) is 6.07 Å². The van der Waals surface area contributed by atoms with Crippen molar-refractivity contribution in [2.24, 2.45) is 5.73 Å². The quantitative estimate of drug-likeness (QED) is 0.775. The first kappa shape index (κ1) is 10.1. The normalized spacial score (nSPS) is 12.9. The maximum atomic E-state index is 12.7. The third kappa shape index (κ3) is 2.45. The number of halogens is 3. The second-order valence-corrected chi connectivity index (χ2v) is 2.76. The first-order valence-electron chi connectivity index (χ1n) is 3.91. The van der Waals surface area contributed by atoms with Crippen LogP contribution in [0.2, 0.25) is 0 Å². The molecular weight excluding hydrogens is 179 g/mol. The van der Waals surface area contributed by atoms with Crippen LogP contribution in [0.1, 0.15) is 18.0 Å². The molecule has 0 bridgehead atoms. The zero-order chi connectivity index (χ0) is 9.84. The standard InChI is InChI=1S/C9H10F3N/c10-4-3-9(13)6-1-2-7(11)8(12)5-6/h1-2,5,9H,3-4,13H2/t9-/m0/s1. The summed E-state index contributed by atoms with van der Waals surface area (Å²) in [6, 6.07) is 2.78. The average Bonchev–Trinajstić information content (AvgIpc) is 2.10. The Bertz CT molecular complexity index is 288. The van der Waals surface area contributed by atoms with Gasteiger partial charge < -0.3 is 5.73 Å². The third-order valence-corrected chi connectivity index (χ3v) is 1.79. The van der Waals surface area contributed by atoms with E-state index in [1.54, 1.807) is 0 Å². The Morgan fingerprint density at radius 3 is 2.46 bits per heavy atom. The second-order valence-electron chi connectivity index (χ2n) is 2.76. The largest absolute Gasteiger partial charge is 0.324 e. The topological polar surface area (TPSA) is 26.0 Å². The number of hydrogen-bond donors (Lipinski definition) is 1. The van der Waals surface area contributed by atoms with Gasteiger partial charge in [-0.2, -0.15) is 0 Å². The van der Waals surface area contributed by atoms with Crippen LogP contribution in [0.3, 0.4) is 0 Å². The Balaban J connectivity index is 2.84. The van der Waals surface area contributed by atoms with Crippen molar-refractivity contribution in [3.05, 3.63) is 35.4 Å². The smallest absolute Gasteiger partial charge is 0.159 e. The molecule has 72 valence electrons. The van der Waals surface area contributed by atoms with Gasteiger partial charge >= 0.3 is 0 Å². The van der Waals surface area contributed by atoms with Crippen LogP contribution < -0.4 is 5.73 Å². The van der Waals surface area contributed by atoms with Gasteiger partial charge in [-0.25, -0.2) is 8.78 Å². The van der Waals surface area contributed by atoms with E-state index in [0.29, 0.717) is 5.56 Å². The zero-order valence-corrected chi connectivity index (χ0v) is 6.93. The summed E-state index contributed by atoms with van der Waals surface area (Å²) in [7, 11) is 0. The summed E-state index contributed by atoms with van der Waals surface area (Å²) >= 11 is 0. The highest BCUT2D eigenvalue weighted by Gasteiger charge is 2.08. The number of hydrogen-bond acceptors (Lipinski definition) is 1. The van der Waals surface area contributed by atoms with Gasteiger partial charge in [-0.15, -0.1) is 0 Å². The van der Waals surface area contributed by atoms with Crippen LogP contribution in [0.4, 0.5) is 13.2 Å². The highest BCUT2D eigenvalue weighted by Crippen LogP contribution is 2.16. The highest BCUT2D eigenvalue weighted by molar-refractivity contribution is 5.20. The molecule has 1 aromatic rings. The molecule has 1 rings (SSSR count). The molecule has 0 aliphatic carbocycles. The van der Waals surface area contributed by atoms with E-state index in [4.69, 9.17) is 5.73 Å². The molecule has 0 amide bonds. The van der Waals surface area contributed by atoms with E-state index in [9.17, 15) is 13.2 Å². The highest BCUT2D eigenvalue weighted by atomic mass is 19.2. The molecule has 0 aliphatic rings. The van der Waals surface area contributed by atoms with Gasteiger partial charge in [0.2, 0.25) is 0 Å². The van der Waals surface area contributed by atoms with Gasteiger partial charge in [0, 0.05) is 6.04 Å². The molecule has 0 radical (unpaired) electrons. The van der Waals surface area contributed by atoms with Gasteiger partial charge in [0.1, 0.15) is 0 Å². The minimum atomic E-state index is -0.952. The minimum Gasteiger partial charge on any atom is -0.324 e. The molecule has 13 heavy (non-hydrogen) atoms. The average molecular weight is 189 g/mol. The summed E-state index contributed by atoms with van der Waals surface area (Å²) in [5.41, 5.74) is 5.91. The van der Waals surface area contributed by atoms with Gasteiger partial charge in [-0.05, 0) is 24.1 Å². The molecule has 2 N–H and O–H groups in total. The molecule has 1 nitrogen and oxygen atoms in total. The second kappa shape index (κ2) is 4.28. The molecule has 0 fully saturated rings. The predicted octanol–water partition coefficient (Wildman–Crippen LogP) is 2.32. The predicted molar refractivity (Wildman–Crippen MR) is 43.9 cm³/mol. The Kier molecular flexibility index (Phi) is 3.31. The Morgan fingerprint density at radius 1 is 1.23 bits per heavy atom. The molecule has 0 unspecified atom stereocenters. The monoisotopic (exact) mass is 189 g/mol. The fourth-order valence-electron chi connectivity index (χ4n) is 1.03. The third-order valence-electron chi connectivity index (χ3n) is 1.79. The first-order valence-corrected chi connectivity index (χ1v) is 3.91. The molecule has 4 heteroatoms. The Hall–Kier alpha value is -1.03. The summed E-state index contributed by atoms with van der Waals surface area (Å²) in [4.78, 5) is 0. The SMILES string of the molecule is N[C@@H](CCF)c1ccc(F)c(F)c1. The maximum absolute atomic E-state index is 12.7. The van der Waals surface area contributed by atoms with Gasteiger partial charge in [0.15, 0.2) is 11.6 Å². The number of nitrogens with two attached hydrogens (primary N) is 1. The van der Waals surface area contributed by atoms with E-state index in [1.807, 2.05) is 0 Å². The summed E-state index contributed by atoms with van der Waals surface area (Å²) in [6.07, 6.45) is 0.116. The van der Waals surface area contributed by atoms with Crippen molar-refractivity contribution < 1.29 is 13.2 Å². The molecule has 0 heterocycles. The van der Waals surface area contributed by atoms with Crippen LogP contribution >= 0.6 is 0 Å². The maximum Gasteiger partial charge on any atom is 0.159 e. The summed E-state index contributed by atoms with van der Waals surface area (Å²) in [5, 5.41) is 0. The van der Waals surface area contributed by atoms with Crippen LogP contribution in [-0.4, -0.2) is 6.67 Å². The van der Waals surface area contributed by atoms with E-state index in [2.05, 4.69) is 0 Å². The zero-order valence-electron chi connectivity index (χ0n) is 6.93. The lowest BCUT2D eigenvalue weighted by molar-refractivity contribution is 0.439. The first-order chi connectivity index (χ1) is 6.15. The molecule has 1 aromatic carbocycles. The van der Waals surface area contributed by atoms with Crippen molar-refractivity contribution in [2.45, 2.75) is 12.5 Å². The van der Waals surface area contributed by atoms with Gasteiger partial charge in [0.05, 0.1) is 6.67 Å². The van der Waals surface area contributed by atoms with E-state index < -0.39 is 24.4 Å². The summed E-state index contributed by atoms with van der Waals surface area (Å²) < 4.78 is 37.0. The van der Waals surface area contributed by atoms with Crippen LogP contribution in [0, 0.1) is 11.6 Å². The van der Waals surface area contributed by atoms with Gasteiger partial charge in [-0.1, -0.05) is 6.07 Å². The fourth-order valence-corrected chi connectivity index (χ4v) is 1.03. The molecule has 0 spiro atoms. The Labute approximate surface area is 74.4 Å². The summed E-state index contributed by atoms with van der Waals surface area (Å²) in [6.45, 7) is -0.569. The lowest BCUT2D eigenvalue weighted by atomic mass is 10.1. The van der Waals surface area contributed by atoms with Crippen LogP contribution in [0.15, 0.2) is 18.2 Å². The van der Waals surface area contributed by atoms with Crippen molar-refractivity contribution in [3.63, 3.8) is 0 Å². The van der Waals surface area contributed by atoms with Gasteiger partial charge in [-0.3, -0.25) is 4.39 Å². The summed E-state index contributed by atoms with van der Waals surface area (Å²) in [5.74, 6) is -1.87. The molecule has 1 atom stereocenters. The van der Waals surface area contributed by atoms with Crippen LogP contribution in [0.5, 0.6) is 0 Å². The fraction of sp³-hybridized carbons (Fsp3) is 0.333. The molecule has 0 saturated heterocycles. The van der Waals surface area contributed by atoms with Crippen LogP contribution in [-0.2, 0) is 0 Å². The number of alkyl halides is 1. The molecule has 0 saturated carbocycles. The van der Waals surface area contributed by atoms with Crippen molar-refractivity contribution in [1.29, 1.82) is 0 Å². The van der Waals surface area contributed by atoms with E-state index in [0.717, 1.165) is 12.1 Å². The number of benzene rings is 1. The Morgan fingerprint density at radius 2 is 1.92 bits per heavy atom. The lowest BCUT2D eigenvalue weighted by Crippen LogP contribution is -2.11. The van der Waals surface area contributed by atoms with Crippen molar-refractivity contribution >= 4 is 0 Å². The van der Waals surface area contributed by atoms with Crippen LogP contribution in [0.25, 0.3) is 0 Å². The molecular formula is C9H10F3N. The van der Waals surface area contributed by atoms with E-state index >= 15 is 0 Å². The van der Waals surface area contributed by atoms with E-state index in [-0.39, 0.29) is 6.42 Å².